The van der Waals surface area contributed by atoms with Crippen molar-refractivity contribution >= 4 is 12.0 Å². The molecule has 0 spiro atoms. The van der Waals surface area contributed by atoms with Gasteiger partial charge in [0.25, 0.3) is 0 Å². The summed E-state index contributed by atoms with van der Waals surface area (Å²) in [7, 11) is 0. The molecule has 3 heteroatoms. The quantitative estimate of drug-likeness (QED) is 0.805. The minimum Gasteiger partial charge on any atom is -0.477 e. The van der Waals surface area contributed by atoms with E-state index in [-0.39, 0.29) is 5.70 Å². The lowest BCUT2D eigenvalue weighted by Crippen LogP contribution is -2.19. The van der Waals surface area contributed by atoms with E-state index in [4.69, 9.17) is 0 Å². The van der Waals surface area contributed by atoms with Gasteiger partial charge in [-0.25, -0.2) is 4.79 Å². The van der Waals surface area contributed by atoms with Gasteiger partial charge >= 0.3 is 5.97 Å². The lowest BCUT2D eigenvalue weighted by molar-refractivity contribution is -0.133. The molecule has 19 heavy (non-hydrogen) atoms. The molecule has 0 unspecified atom stereocenters. The smallest absolute Gasteiger partial charge is 0.351 e. The molecular weight excluding hydrogens is 238 g/mol. The van der Waals surface area contributed by atoms with E-state index >= 15 is 0 Å². The maximum absolute atomic E-state index is 11.2. The number of nitrogens with one attached hydrogen (secondary N) is 1. The van der Waals surface area contributed by atoms with Gasteiger partial charge in [-0.1, -0.05) is 60.7 Å². The first-order valence-corrected chi connectivity index (χ1v) is 6.03. The third kappa shape index (κ3) is 4.00. The number of hydrogen-bond donors (Lipinski definition) is 2. The van der Waals surface area contributed by atoms with E-state index in [1.54, 1.807) is 6.08 Å². The monoisotopic (exact) mass is 253 g/mol. The van der Waals surface area contributed by atoms with Crippen LogP contribution in [0, 0.1) is 0 Å². The Hall–Kier alpha value is -2.55. The molecule has 0 amide bonds. The van der Waals surface area contributed by atoms with Gasteiger partial charge in [0.1, 0.15) is 5.70 Å². The second kappa shape index (κ2) is 6.40. The highest BCUT2D eigenvalue weighted by Gasteiger charge is 2.06. The first-order valence-electron chi connectivity index (χ1n) is 6.03. The molecule has 0 saturated carbocycles. The van der Waals surface area contributed by atoms with Crippen LogP contribution in [0.2, 0.25) is 0 Å². The Morgan fingerprint density at radius 2 is 1.58 bits per heavy atom. The molecule has 2 aromatic rings. The predicted octanol–water partition coefficient (Wildman–Crippen LogP) is 2.90. The van der Waals surface area contributed by atoms with Crippen molar-refractivity contribution in [2.75, 3.05) is 0 Å². The molecule has 96 valence electrons. The molecule has 0 heterocycles. The van der Waals surface area contributed by atoms with Crippen LogP contribution in [0.15, 0.2) is 66.4 Å². The van der Waals surface area contributed by atoms with Crippen molar-refractivity contribution in [3.05, 3.63) is 77.5 Å². The van der Waals surface area contributed by atoms with Crippen molar-refractivity contribution in [3.63, 3.8) is 0 Å². The van der Waals surface area contributed by atoms with Gasteiger partial charge in [0.15, 0.2) is 0 Å². The van der Waals surface area contributed by atoms with E-state index in [9.17, 15) is 9.90 Å². The molecule has 3 nitrogen and oxygen atoms in total. The van der Waals surface area contributed by atoms with Gasteiger partial charge < -0.3 is 10.4 Å². The van der Waals surface area contributed by atoms with Crippen LogP contribution < -0.4 is 5.32 Å². The molecule has 0 aliphatic rings. The van der Waals surface area contributed by atoms with Crippen molar-refractivity contribution in [1.82, 2.24) is 5.32 Å². The fourth-order valence-electron chi connectivity index (χ4n) is 1.70. The number of rotatable bonds is 5. The summed E-state index contributed by atoms with van der Waals surface area (Å²) in [6, 6.07) is 19.1. The van der Waals surface area contributed by atoms with E-state index < -0.39 is 5.97 Å². The Balaban J connectivity index is 2.09. The molecule has 0 aliphatic heterocycles. The van der Waals surface area contributed by atoms with Gasteiger partial charge in [-0.2, -0.15) is 0 Å². The SMILES string of the molecule is O=C(O)/C(=C/c1ccccc1)NCc1ccccc1. The highest BCUT2D eigenvalue weighted by atomic mass is 16.4. The zero-order valence-corrected chi connectivity index (χ0v) is 10.4. The zero-order chi connectivity index (χ0) is 13.5. The molecule has 2 N–H and O–H groups in total. The molecule has 0 bridgehead atoms. The van der Waals surface area contributed by atoms with Crippen molar-refractivity contribution in [2.24, 2.45) is 0 Å². The number of carbonyl (C=O) groups is 1. The van der Waals surface area contributed by atoms with E-state index in [1.165, 1.54) is 0 Å². The first-order chi connectivity index (χ1) is 9.25. The summed E-state index contributed by atoms with van der Waals surface area (Å²) in [5.41, 5.74) is 2.10. The fourth-order valence-corrected chi connectivity index (χ4v) is 1.70. The van der Waals surface area contributed by atoms with Crippen molar-refractivity contribution < 1.29 is 9.90 Å². The van der Waals surface area contributed by atoms with Crippen LogP contribution in [0.4, 0.5) is 0 Å². The van der Waals surface area contributed by atoms with Gasteiger partial charge in [0.05, 0.1) is 0 Å². The van der Waals surface area contributed by atoms with Crippen LogP contribution in [0.1, 0.15) is 11.1 Å². The molecule has 0 radical (unpaired) electrons. The molecule has 0 aromatic heterocycles. The lowest BCUT2D eigenvalue weighted by atomic mass is 10.2. The van der Waals surface area contributed by atoms with Crippen molar-refractivity contribution in [2.45, 2.75) is 6.54 Å². The summed E-state index contributed by atoms with van der Waals surface area (Å²) < 4.78 is 0. The average molecular weight is 253 g/mol. The zero-order valence-electron chi connectivity index (χ0n) is 10.4. The Kier molecular flexibility index (Phi) is 4.34. The highest BCUT2D eigenvalue weighted by Crippen LogP contribution is 2.06. The summed E-state index contributed by atoms with van der Waals surface area (Å²) in [6.45, 7) is 0.492. The second-order valence-electron chi connectivity index (χ2n) is 4.11. The molecule has 0 saturated heterocycles. The van der Waals surface area contributed by atoms with Crippen molar-refractivity contribution in [1.29, 1.82) is 0 Å². The van der Waals surface area contributed by atoms with Crippen LogP contribution in [-0.2, 0) is 11.3 Å². The molecular formula is C16H15NO2. The lowest BCUT2D eigenvalue weighted by Gasteiger charge is -2.07. The first kappa shape index (κ1) is 12.9. The van der Waals surface area contributed by atoms with E-state index in [1.807, 2.05) is 60.7 Å². The predicted molar refractivity (Wildman–Crippen MR) is 75.3 cm³/mol. The van der Waals surface area contributed by atoms with E-state index in [0.29, 0.717) is 6.54 Å². The van der Waals surface area contributed by atoms with Crippen LogP contribution in [0.3, 0.4) is 0 Å². The standard InChI is InChI=1S/C16H15NO2/c18-16(19)15(11-13-7-3-1-4-8-13)17-12-14-9-5-2-6-10-14/h1-11,17H,12H2,(H,18,19)/b15-11-. The Morgan fingerprint density at radius 1 is 1.00 bits per heavy atom. The number of carboxylic acids is 1. The minimum atomic E-state index is -0.959. The summed E-state index contributed by atoms with van der Waals surface area (Å²) >= 11 is 0. The second-order valence-corrected chi connectivity index (χ2v) is 4.11. The maximum Gasteiger partial charge on any atom is 0.351 e. The van der Waals surface area contributed by atoms with Crippen LogP contribution in [-0.4, -0.2) is 11.1 Å². The molecule has 0 aliphatic carbocycles. The molecule has 2 rings (SSSR count). The number of aliphatic carboxylic acids is 1. The molecule has 2 aromatic carbocycles. The summed E-state index contributed by atoms with van der Waals surface area (Å²) in [4.78, 5) is 11.2. The number of carboxylic acid groups (broad SMARTS) is 1. The summed E-state index contributed by atoms with van der Waals surface area (Å²) in [6.07, 6.45) is 1.63. The molecule has 0 fully saturated rings. The summed E-state index contributed by atoms with van der Waals surface area (Å²) in [5, 5.41) is 12.1. The largest absolute Gasteiger partial charge is 0.477 e. The third-order valence-electron chi connectivity index (χ3n) is 2.67. The van der Waals surface area contributed by atoms with Gasteiger partial charge in [-0.05, 0) is 17.2 Å². The van der Waals surface area contributed by atoms with Crippen LogP contribution >= 0.6 is 0 Å². The molecule has 0 atom stereocenters. The van der Waals surface area contributed by atoms with Crippen LogP contribution in [0.5, 0.6) is 0 Å². The Morgan fingerprint density at radius 3 is 2.16 bits per heavy atom. The topological polar surface area (TPSA) is 49.3 Å². The highest BCUT2D eigenvalue weighted by molar-refractivity contribution is 5.91. The number of hydrogen-bond acceptors (Lipinski definition) is 2. The van der Waals surface area contributed by atoms with Crippen molar-refractivity contribution in [3.8, 4) is 0 Å². The van der Waals surface area contributed by atoms with E-state index in [0.717, 1.165) is 11.1 Å². The van der Waals surface area contributed by atoms with Gasteiger partial charge in [-0.3, -0.25) is 0 Å². The third-order valence-corrected chi connectivity index (χ3v) is 2.67. The normalized spacial score (nSPS) is 11.1. The summed E-state index contributed by atoms with van der Waals surface area (Å²) in [5.74, 6) is -0.959. The van der Waals surface area contributed by atoms with E-state index in [2.05, 4.69) is 5.32 Å². The Labute approximate surface area is 112 Å². The maximum atomic E-state index is 11.2. The van der Waals surface area contributed by atoms with Crippen LogP contribution in [0.25, 0.3) is 6.08 Å². The van der Waals surface area contributed by atoms with Gasteiger partial charge in [0.2, 0.25) is 0 Å². The average Bonchev–Trinajstić information content (AvgIpc) is 2.45. The Bertz CT molecular complexity index is 562. The fraction of sp³-hybridized carbons (Fsp3) is 0.0625. The number of benzene rings is 2. The minimum absolute atomic E-state index is 0.190. The van der Waals surface area contributed by atoms with Gasteiger partial charge in [-0.15, -0.1) is 0 Å². The van der Waals surface area contributed by atoms with Gasteiger partial charge in [0, 0.05) is 6.54 Å².